The molecular formula is C20H22N6O3S. The highest BCUT2D eigenvalue weighted by molar-refractivity contribution is 7.70. The van der Waals surface area contributed by atoms with Gasteiger partial charge in [0.2, 0.25) is 10.9 Å². The number of carbonyl (C=O) groups is 1. The van der Waals surface area contributed by atoms with Crippen LogP contribution in [-0.2, 0) is 23.9 Å². The molecule has 10 heteroatoms. The molecule has 30 heavy (non-hydrogen) atoms. The van der Waals surface area contributed by atoms with Crippen molar-refractivity contribution in [3.63, 3.8) is 0 Å². The molecule has 2 aromatic heterocycles. The van der Waals surface area contributed by atoms with Gasteiger partial charge in [-0.1, -0.05) is 18.2 Å². The maximum atomic E-state index is 13.0. The van der Waals surface area contributed by atoms with Crippen LogP contribution < -0.4 is 9.62 Å². The zero-order valence-corrected chi connectivity index (χ0v) is 17.5. The number of fused-ring (bicyclic) bond motifs is 1. The highest BCUT2D eigenvalue weighted by Gasteiger charge is 2.29. The number of nitrogens with one attached hydrogen (secondary N) is 1. The number of benzene rings is 1. The quantitative estimate of drug-likeness (QED) is 0.557. The SMILES string of the molecule is CC(C)n1cnnc1-c1cccc(N2Cc3ccc(CCN[SH](=O)=O)cc3C2=O)n1. The van der Waals surface area contributed by atoms with Gasteiger partial charge in [-0.15, -0.1) is 10.2 Å². The van der Waals surface area contributed by atoms with Crippen molar-refractivity contribution in [3.05, 3.63) is 59.4 Å². The summed E-state index contributed by atoms with van der Waals surface area (Å²) in [6, 6.07) is 11.4. The Balaban J connectivity index is 1.58. The van der Waals surface area contributed by atoms with Gasteiger partial charge in [0, 0.05) is 18.2 Å². The van der Waals surface area contributed by atoms with Crippen LogP contribution in [0.15, 0.2) is 42.7 Å². The molecule has 1 N–H and O–H groups in total. The molecule has 0 saturated heterocycles. The largest absolute Gasteiger partial charge is 0.310 e. The van der Waals surface area contributed by atoms with Gasteiger partial charge in [-0.25, -0.2) is 18.1 Å². The Morgan fingerprint density at radius 3 is 2.80 bits per heavy atom. The van der Waals surface area contributed by atoms with Crippen molar-refractivity contribution >= 4 is 22.6 Å². The zero-order valence-electron chi connectivity index (χ0n) is 16.6. The van der Waals surface area contributed by atoms with Gasteiger partial charge in [-0.2, -0.15) is 0 Å². The van der Waals surface area contributed by atoms with Crippen LogP contribution >= 0.6 is 0 Å². The maximum absolute atomic E-state index is 13.0. The summed E-state index contributed by atoms with van der Waals surface area (Å²) in [6.07, 6.45) is 2.19. The van der Waals surface area contributed by atoms with E-state index >= 15 is 0 Å². The summed E-state index contributed by atoms with van der Waals surface area (Å²) in [7, 11) is -2.62. The second-order valence-electron chi connectivity index (χ2n) is 7.33. The van der Waals surface area contributed by atoms with Crippen molar-refractivity contribution in [1.82, 2.24) is 24.5 Å². The third-order valence-electron chi connectivity index (χ3n) is 5.00. The van der Waals surface area contributed by atoms with E-state index in [0.717, 1.165) is 11.1 Å². The molecule has 3 aromatic rings. The minimum absolute atomic E-state index is 0.121. The summed E-state index contributed by atoms with van der Waals surface area (Å²) >= 11 is 0. The predicted molar refractivity (Wildman–Crippen MR) is 113 cm³/mol. The number of hydrogen-bond acceptors (Lipinski definition) is 6. The second kappa shape index (κ2) is 8.33. The molecule has 0 unspecified atom stereocenters. The van der Waals surface area contributed by atoms with E-state index in [1.807, 2.05) is 48.7 Å². The number of aromatic nitrogens is 4. The average molecular weight is 427 g/mol. The van der Waals surface area contributed by atoms with Crippen LogP contribution in [0.3, 0.4) is 0 Å². The summed E-state index contributed by atoms with van der Waals surface area (Å²) in [5.41, 5.74) is 3.10. The minimum Gasteiger partial charge on any atom is -0.310 e. The van der Waals surface area contributed by atoms with Gasteiger partial charge in [-0.3, -0.25) is 9.69 Å². The minimum atomic E-state index is -2.62. The predicted octanol–water partition coefficient (Wildman–Crippen LogP) is 1.74. The van der Waals surface area contributed by atoms with E-state index in [9.17, 15) is 13.2 Å². The molecule has 0 bridgehead atoms. The fourth-order valence-electron chi connectivity index (χ4n) is 3.48. The van der Waals surface area contributed by atoms with Crippen LogP contribution in [0.25, 0.3) is 11.5 Å². The lowest BCUT2D eigenvalue weighted by Crippen LogP contribution is -2.24. The summed E-state index contributed by atoms with van der Waals surface area (Å²) < 4.78 is 25.6. The molecule has 9 nitrogen and oxygen atoms in total. The Morgan fingerprint density at radius 1 is 1.20 bits per heavy atom. The number of anilines is 1. The van der Waals surface area contributed by atoms with Crippen molar-refractivity contribution < 1.29 is 13.2 Å². The van der Waals surface area contributed by atoms with Crippen LogP contribution in [-0.4, -0.2) is 40.6 Å². The molecule has 0 atom stereocenters. The number of rotatable bonds is 7. The number of pyridine rings is 1. The summed E-state index contributed by atoms with van der Waals surface area (Å²) in [5.74, 6) is 1.09. The van der Waals surface area contributed by atoms with Gasteiger partial charge < -0.3 is 4.57 Å². The van der Waals surface area contributed by atoms with Crippen LogP contribution in [0.1, 0.15) is 41.4 Å². The van der Waals surface area contributed by atoms with E-state index < -0.39 is 10.9 Å². The molecule has 0 spiro atoms. The molecule has 3 heterocycles. The second-order valence-corrected chi connectivity index (χ2v) is 8.17. The molecule has 156 valence electrons. The zero-order chi connectivity index (χ0) is 21.3. The number of nitrogens with zero attached hydrogens (tertiary/aromatic N) is 5. The highest BCUT2D eigenvalue weighted by Crippen LogP contribution is 2.29. The van der Waals surface area contributed by atoms with E-state index in [4.69, 9.17) is 0 Å². The topological polar surface area (TPSA) is 110 Å². The lowest BCUT2D eigenvalue weighted by atomic mass is 10.0. The summed E-state index contributed by atoms with van der Waals surface area (Å²) in [5, 5.41) is 8.17. The molecule has 1 amide bonds. The van der Waals surface area contributed by atoms with Gasteiger partial charge >= 0.3 is 0 Å². The van der Waals surface area contributed by atoms with E-state index in [0.29, 0.717) is 42.4 Å². The number of carbonyl (C=O) groups excluding carboxylic acids is 1. The first kappa shape index (κ1) is 20.2. The summed E-state index contributed by atoms with van der Waals surface area (Å²) in [4.78, 5) is 19.4. The molecule has 0 radical (unpaired) electrons. The Labute approximate surface area is 175 Å². The number of thiol groups is 1. The Kier molecular flexibility index (Phi) is 5.60. The van der Waals surface area contributed by atoms with Crippen molar-refractivity contribution in [2.45, 2.75) is 32.9 Å². The van der Waals surface area contributed by atoms with Gasteiger partial charge in [0.1, 0.15) is 17.8 Å². The number of amides is 1. The van der Waals surface area contributed by atoms with E-state index in [1.165, 1.54) is 0 Å². The Hall–Kier alpha value is -3.11. The third kappa shape index (κ3) is 3.96. The first-order valence-corrected chi connectivity index (χ1v) is 10.8. The summed E-state index contributed by atoms with van der Waals surface area (Å²) in [6.45, 7) is 4.82. The van der Waals surface area contributed by atoms with E-state index in [-0.39, 0.29) is 11.9 Å². The first-order valence-electron chi connectivity index (χ1n) is 9.62. The van der Waals surface area contributed by atoms with Crippen LogP contribution in [0.4, 0.5) is 5.82 Å². The molecule has 1 aliphatic rings. The standard InChI is InChI=1S/C20H22N6O3S/c1-13(2)26-12-21-24-19(26)17-4-3-5-18(23-17)25-11-15-7-6-14(8-9-22-30(28)29)10-16(15)20(25)27/h3-7,10,12-13,30H,8-9,11H2,1-2H3,(H,22,28,29). The van der Waals surface area contributed by atoms with Crippen molar-refractivity contribution in [2.24, 2.45) is 0 Å². The molecule has 0 fully saturated rings. The lowest BCUT2D eigenvalue weighted by Gasteiger charge is -2.16. The normalized spacial score (nSPS) is 13.5. The van der Waals surface area contributed by atoms with Gasteiger partial charge in [0.15, 0.2) is 5.82 Å². The van der Waals surface area contributed by atoms with Gasteiger partial charge in [-0.05, 0) is 49.6 Å². The van der Waals surface area contributed by atoms with Crippen LogP contribution in [0.5, 0.6) is 0 Å². The fraction of sp³-hybridized carbons (Fsp3) is 0.300. The van der Waals surface area contributed by atoms with E-state index in [2.05, 4.69) is 19.9 Å². The van der Waals surface area contributed by atoms with Crippen LogP contribution in [0, 0.1) is 0 Å². The Bertz CT molecular complexity index is 1160. The lowest BCUT2D eigenvalue weighted by molar-refractivity contribution is 0.0996. The first-order chi connectivity index (χ1) is 14.4. The molecule has 1 aliphatic heterocycles. The average Bonchev–Trinajstić information content (AvgIpc) is 3.33. The smallest absolute Gasteiger partial charge is 0.260 e. The fourth-order valence-corrected chi connectivity index (χ4v) is 3.78. The maximum Gasteiger partial charge on any atom is 0.260 e. The molecule has 0 aliphatic carbocycles. The van der Waals surface area contributed by atoms with Crippen molar-refractivity contribution in [1.29, 1.82) is 0 Å². The van der Waals surface area contributed by atoms with Gasteiger partial charge in [0.05, 0.1) is 6.54 Å². The molecule has 4 rings (SSSR count). The highest BCUT2D eigenvalue weighted by atomic mass is 32.2. The van der Waals surface area contributed by atoms with Crippen molar-refractivity contribution in [3.8, 4) is 11.5 Å². The number of hydrogen-bond donors (Lipinski definition) is 2. The van der Waals surface area contributed by atoms with Gasteiger partial charge in [0.25, 0.3) is 5.91 Å². The Morgan fingerprint density at radius 2 is 2.03 bits per heavy atom. The third-order valence-corrected chi connectivity index (χ3v) is 5.48. The monoisotopic (exact) mass is 426 g/mol. The van der Waals surface area contributed by atoms with Crippen molar-refractivity contribution in [2.75, 3.05) is 11.4 Å². The van der Waals surface area contributed by atoms with Crippen LogP contribution in [0.2, 0.25) is 0 Å². The molecular weight excluding hydrogens is 404 g/mol. The van der Waals surface area contributed by atoms with E-state index in [1.54, 1.807) is 17.3 Å². The molecule has 0 saturated carbocycles. The molecule has 1 aromatic carbocycles.